The minimum atomic E-state index is -3.44. The SMILES string of the molecule is CC.Cc1ccc(C(=O)NCc2cc3nc(-c4nc(N5C[C@@H](C)O[C@@H](C)C5)ccc4C)ccc3cn2)cc1S(C)(=O)=O.[HH]. The van der Waals surface area contributed by atoms with Gasteiger partial charge in [-0.05, 0) is 75.2 Å². The fraction of sp³-hybridized carbons (Fsp3) is 0.375. The van der Waals surface area contributed by atoms with Crippen LogP contribution in [0.1, 0.15) is 56.3 Å². The summed E-state index contributed by atoms with van der Waals surface area (Å²) in [6, 6.07) is 14.5. The molecule has 3 aromatic heterocycles. The number of hydrogen-bond acceptors (Lipinski definition) is 8. The number of pyridine rings is 3. The largest absolute Gasteiger partial charge is 0.372 e. The number of nitrogens with zero attached hydrogens (tertiary/aromatic N) is 4. The second kappa shape index (κ2) is 13.0. The van der Waals surface area contributed by atoms with Crippen LogP contribution in [-0.2, 0) is 21.1 Å². The molecule has 0 saturated carbocycles. The molecule has 9 nitrogen and oxygen atoms in total. The molecule has 1 aliphatic rings. The number of aryl methyl sites for hydroxylation is 2. The van der Waals surface area contributed by atoms with E-state index in [1.54, 1.807) is 25.3 Å². The number of anilines is 1. The standard InChI is InChI=1S/C30H33N5O4S.C2H6.H2/c1-18-6-8-22(12-27(18)40(5,37)38)30(36)32-15-24-13-26-23(14-31-24)9-10-25(33-26)29-19(2)7-11-28(34-29)35-16-20(3)39-21(4)17-35;1-2;/h6-14,20-21H,15-17H2,1-5H3,(H,32,36);1-2H3;1H/t20-,21+;;. The molecule has 0 radical (unpaired) electrons. The number of amides is 1. The van der Waals surface area contributed by atoms with Crippen LogP contribution in [0.25, 0.3) is 22.3 Å². The summed E-state index contributed by atoms with van der Waals surface area (Å²) < 4.78 is 30.0. The molecule has 1 N–H and O–H groups in total. The van der Waals surface area contributed by atoms with Crippen LogP contribution >= 0.6 is 0 Å². The van der Waals surface area contributed by atoms with Gasteiger partial charge in [0, 0.05) is 37.9 Å². The number of ether oxygens (including phenoxy) is 1. The van der Waals surface area contributed by atoms with Gasteiger partial charge in [0.1, 0.15) is 5.82 Å². The van der Waals surface area contributed by atoms with Gasteiger partial charge in [-0.25, -0.2) is 18.4 Å². The molecule has 1 aromatic carbocycles. The van der Waals surface area contributed by atoms with E-state index in [0.717, 1.165) is 53.0 Å². The lowest BCUT2D eigenvalue weighted by atomic mass is 10.1. The van der Waals surface area contributed by atoms with Crippen molar-refractivity contribution in [1.82, 2.24) is 20.3 Å². The number of fused-ring (bicyclic) bond motifs is 1. The number of benzene rings is 1. The minimum absolute atomic E-state index is 0. The van der Waals surface area contributed by atoms with E-state index in [9.17, 15) is 13.2 Å². The molecular formula is C32H41N5O4S. The van der Waals surface area contributed by atoms with Crippen LogP contribution in [0.5, 0.6) is 0 Å². The van der Waals surface area contributed by atoms with Crippen LogP contribution in [-0.4, -0.2) is 60.8 Å². The maximum Gasteiger partial charge on any atom is 0.251 e. The van der Waals surface area contributed by atoms with Gasteiger partial charge in [0.15, 0.2) is 9.84 Å². The average Bonchev–Trinajstić information content (AvgIpc) is 2.96. The van der Waals surface area contributed by atoms with Crippen LogP contribution in [0.4, 0.5) is 5.82 Å². The quantitative estimate of drug-likeness (QED) is 0.311. The monoisotopic (exact) mass is 591 g/mol. The van der Waals surface area contributed by atoms with E-state index in [1.165, 1.54) is 6.07 Å². The molecule has 224 valence electrons. The Kier molecular flexibility index (Phi) is 9.58. The molecular weight excluding hydrogens is 550 g/mol. The van der Waals surface area contributed by atoms with Gasteiger partial charge in [0.25, 0.3) is 5.91 Å². The molecule has 0 spiro atoms. The second-order valence-corrected chi connectivity index (χ2v) is 12.5. The van der Waals surface area contributed by atoms with Crippen LogP contribution in [0.2, 0.25) is 0 Å². The topological polar surface area (TPSA) is 114 Å². The first-order valence-corrected chi connectivity index (χ1v) is 16.1. The van der Waals surface area contributed by atoms with Crippen LogP contribution < -0.4 is 10.2 Å². The van der Waals surface area contributed by atoms with Gasteiger partial charge >= 0.3 is 0 Å². The third-order valence-electron chi connectivity index (χ3n) is 6.98. The van der Waals surface area contributed by atoms with E-state index in [-0.39, 0.29) is 36.5 Å². The molecule has 5 rings (SSSR count). The number of carbonyl (C=O) groups is 1. The van der Waals surface area contributed by atoms with Gasteiger partial charge in [-0.2, -0.15) is 0 Å². The Morgan fingerprint density at radius 3 is 2.38 bits per heavy atom. The Labute approximate surface area is 249 Å². The minimum Gasteiger partial charge on any atom is -0.372 e. The first kappa shape index (κ1) is 31.1. The first-order valence-electron chi connectivity index (χ1n) is 14.2. The summed E-state index contributed by atoms with van der Waals surface area (Å²) in [7, 11) is -3.44. The Morgan fingerprint density at radius 1 is 1.00 bits per heavy atom. The van der Waals surface area contributed by atoms with E-state index < -0.39 is 9.84 Å². The highest BCUT2D eigenvalue weighted by molar-refractivity contribution is 7.90. The highest BCUT2D eigenvalue weighted by Gasteiger charge is 2.24. The first-order chi connectivity index (χ1) is 20.0. The normalized spacial score (nSPS) is 17.0. The van der Waals surface area contributed by atoms with Crippen molar-refractivity contribution in [3.05, 3.63) is 77.1 Å². The van der Waals surface area contributed by atoms with Gasteiger partial charge in [-0.1, -0.05) is 26.0 Å². The Bertz CT molecular complexity index is 1700. The number of hydrogen-bond donors (Lipinski definition) is 1. The summed E-state index contributed by atoms with van der Waals surface area (Å²) in [4.78, 5) is 29.5. The predicted octanol–water partition coefficient (Wildman–Crippen LogP) is 5.53. The van der Waals surface area contributed by atoms with Crippen molar-refractivity contribution in [2.75, 3.05) is 24.2 Å². The van der Waals surface area contributed by atoms with Crippen LogP contribution in [0.15, 0.2) is 59.6 Å². The second-order valence-electron chi connectivity index (χ2n) is 10.5. The third kappa shape index (κ3) is 7.11. The van der Waals surface area contributed by atoms with Crippen LogP contribution in [0.3, 0.4) is 0 Å². The molecule has 0 aliphatic carbocycles. The molecule has 4 aromatic rings. The van der Waals surface area contributed by atoms with Crippen molar-refractivity contribution >= 4 is 32.5 Å². The molecule has 1 saturated heterocycles. The Balaban J connectivity index is 0.00000165. The highest BCUT2D eigenvalue weighted by atomic mass is 32.2. The Hall–Kier alpha value is -3.89. The number of carbonyl (C=O) groups excluding carboxylic acids is 1. The molecule has 4 heterocycles. The molecule has 10 heteroatoms. The highest BCUT2D eigenvalue weighted by Crippen LogP contribution is 2.27. The maximum absolute atomic E-state index is 12.8. The molecule has 2 atom stereocenters. The molecule has 1 aliphatic heterocycles. The predicted molar refractivity (Wildman–Crippen MR) is 169 cm³/mol. The van der Waals surface area contributed by atoms with E-state index in [1.807, 2.05) is 45.0 Å². The lowest BCUT2D eigenvalue weighted by molar-refractivity contribution is -0.00545. The van der Waals surface area contributed by atoms with E-state index in [2.05, 4.69) is 35.1 Å². The summed E-state index contributed by atoms with van der Waals surface area (Å²) in [6.45, 7) is 13.6. The lowest BCUT2D eigenvalue weighted by Crippen LogP contribution is -2.45. The van der Waals surface area contributed by atoms with Gasteiger partial charge in [0.2, 0.25) is 0 Å². The van der Waals surface area contributed by atoms with Crippen molar-refractivity contribution in [3.8, 4) is 11.4 Å². The lowest BCUT2D eigenvalue weighted by Gasteiger charge is -2.36. The summed E-state index contributed by atoms with van der Waals surface area (Å²) in [6.07, 6.45) is 3.13. The van der Waals surface area contributed by atoms with Crippen LogP contribution in [0, 0.1) is 13.8 Å². The van der Waals surface area contributed by atoms with E-state index in [4.69, 9.17) is 14.7 Å². The summed E-state index contributed by atoms with van der Waals surface area (Å²) >= 11 is 0. The molecule has 1 fully saturated rings. The van der Waals surface area contributed by atoms with Crippen molar-refractivity contribution in [2.24, 2.45) is 0 Å². The zero-order chi connectivity index (χ0) is 30.6. The Morgan fingerprint density at radius 2 is 1.69 bits per heavy atom. The zero-order valence-corrected chi connectivity index (χ0v) is 26.1. The van der Waals surface area contributed by atoms with Gasteiger partial charge < -0.3 is 15.0 Å². The van der Waals surface area contributed by atoms with Crippen molar-refractivity contribution < 1.29 is 19.4 Å². The molecule has 42 heavy (non-hydrogen) atoms. The summed E-state index contributed by atoms with van der Waals surface area (Å²) in [5.41, 5.74) is 4.86. The molecule has 0 bridgehead atoms. The van der Waals surface area contributed by atoms with Crippen molar-refractivity contribution in [2.45, 2.75) is 65.2 Å². The number of sulfone groups is 1. The number of morpholine rings is 1. The summed E-state index contributed by atoms with van der Waals surface area (Å²) in [5.74, 6) is 0.523. The number of nitrogens with one attached hydrogen (secondary N) is 1. The van der Waals surface area contributed by atoms with Gasteiger partial charge in [0.05, 0.1) is 46.2 Å². The average molecular weight is 592 g/mol. The maximum atomic E-state index is 12.8. The zero-order valence-electron chi connectivity index (χ0n) is 25.3. The fourth-order valence-electron chi connectivity index (χ4n) is 5.02. The van der Waals surface area contributed by atoms with Gasteiger partial charge in [-0.3, -0.25) is 9.78 Å². The van der Waals surface area contributed by atoms with E-state index in [0.29, 0.717) is 11.3 Å². The molecule has 1 amide bonds. The molecule has 0 unspecified atom stereocenters. The summed E-state index contributed by atoms with van der Waals surface area (Å²) in [5, 5.41) is 3.71. The number of rotatable bonds is 6. The fourth-order valence-corrected chi connectivity index (χ4v) is 6.01. The van der Waals surface area contributed by atoms with E-state index >= 15 is 0 Å². The van der Waals surface area contributed by atoms with Gasteiger partial charge in [-0.15, -0.1) is 0 Å². The van der Waals surface area contributed by atoms with Crippen molar-refractivity contribution in [3.63, 3.8) is 0 Å². The van der Waals surface area contributed by atoms with Crippen molar-refractivity contribution in [1.29, 1.82) is 0 Å². The third-order valence-corrected chi connectivity index (χ3v) is 8.22. The number of aromatic nitrogens is 3. The smallest absolute Gasteiger partial charge is 0.251 e.